The van der Waals surface area contributed by atoms with Gasteiger partial charge in [0.1, 0.15) is 11.2 Å². The first-order valence-corrected chi connectivity index (χ1v) is 8.47. The van der Waals surface area contributed by atoms with Crippen LogP contribution in [0.15, 0.2) is 64.4 Å². The average Bonchev–Trinajstić information content (AvgIpc) is 3.22. The third kappa shape index (κ3) is 1.68. The molecule has 1 nitrogen and oxygen atoms in total. The average molecular weight is 306 g/mol. The van der Waals surface area contributed by atoms with E-state index in [2.05, 4.69) is 47.8 Å². The van der Waals surface area contributed by atoms with Crippen LogP contribution in [0.4, 0.5) is 0 Å². The van der Waals surface area contributed by atoms with E-state index in [-0.39, 0.29) is 0 Å². The van der Waals surface area contributed by atoms with E-state index in [4.69, 9.17) is 4.42 Å². The van der Waals surface area contributed by atoms with Crippen LogP contribution in [-0.2, 0) is 0 Å². The molecule has 5 rings (SSSR count). The van der Waals surface area contributed by atoms with Gasteiger partial charge < -0.3 is 4.42 Å². The van der Waals surface area contributed by atoms with Gasteiger partial charge in [0.2, 0.25) is 0 Å². The number of furan rings is 1. The van der Waals surface area contributed by atoms with E-state index >= 15 is 0 Å². The summed E-state index contributed by atoms with van der Waals surface area (Å²) in [5.74, 6) is 0. The maximum atomic E-state index is 5.97. The lowest BCUT2D eigenvalue weighted by molar-refractivity contribution is 0.669. The smallest absolute Gasteiger partial charge is 0.136 e. The van der Waals surface area contributed by atoms with Crippen LogP contribution < -0.4 is 0 Å². The Morgan fingerprint density at radius 1 is 0.762 bits per heavy atom. The van der Waals surface area contributed by atoms with Gasteiger partial charge in [-0.3, -0.25) is 0 Å². The zero-order valence-electron chi connectivity index (χ0n) is 11.0. The second kappa shape index (κ2) is 4.20. The molecule has 0 spiro atoms. The number of rotatable bonds is 1. The second-order valence-electron chi connectivity index (χ2n) is 5.07. The van der Waals surface area contributed by atoms with Gasteiger partial charge in [0.15, 0.2) is 0 Å². The largest absolute Gasteiger partial charge is 0.456 e. The van der Waals surface area contributed by atoms with Gasteiger partial charge in [-0.1, -0.05) is 24.3 Å². The van der Waals surface area contributed by atoms with E-state index in [0.29, 0.717) is 0 Å². The Labute approximate surface area is 129 Å². The number of hydrogen-bond donors (Lipinski definition) is 0. The first kappa shape index (κ1) is 11.5. The van der Waals surface area contributed by atoms with Crippen LogP contribution in [0.1, 0.15) is 0 Å². The molecule has 0 unspecified atom stereocenters. The Hall–Kier alpha value is -2.10. The molecule has 3 heteroatoms. The first-order chi connectivity index (χ1) is 10.4. The van der Waals surface area contributed by atoms with Crippen molar-refractivity contribution in [1.29, 1.82) is 0 Å². The van der Waals surface area contributed by atoms with Crippen molar-refractivity contribution in [3.05, 3.63) is 60.0 Å². The SMILES string of the molecule is c1csc(-c2cc3cc4oc5ccccc5c4cc3s2)c1. The minimum atomic E-state index is 0.962. The minimum Gasteiger partial charge on any atom is -0.456 e. The number of thiophene rings is 2. The number of para-hydroxylation sites is 1. The zero-order chi connectivity index (χ0) is 13.8. The Morgan fingerprint density at radius 2 is 1.71 bits per heavy atom. The van der Waals surface area contributed by atoms with E-state index < -0.39 is 0 Å². The topological polar surface area (TPSA) is 13.1 Å². The highest BCUT2D eigenvalue weighted by Crippen LogP contribution is 2.39. The molecule has 0 aliphatic heterocycles. The van der Waals surface area contributed by atoms with Crippen molar-refractivity contribution in [3.63, 3.8) is 0 Å². The standard InChI is InChI=1S/C18H10OS2/c1-2-5-14-12(4-1)13-10-17-11(8-15(13)19-14)9-18(21-17)16-6-3-7-20-16/h1-10H. The molecule has 2 aromatic carbocycles. The van der Waals surface area contributed by atoms with Gasteiger partial charge in [0, 0.05) is 25.2 Å². The molecule has 0 fully saturated rings. The molecule has 21 heavy (non-hydrogen) atoms. The summed E-state index contributed by atoms with van der Waals surface area (Å²) in [7, 11) is 0. The number of hydrogen-bond acceptors (Lipinski definition) is 3. The van der Waals surface area contributed by atoms with E-state index in [0.717, 1.165) is 11.2 Å². The molecule has 3 heterocycles. The second-order valence-corrected chi connectivity index (χ2v) is 7.10. The summed E-state index contributed by atoms with van der Waals surface area (Å²) in [4.78, 5) is 2.66. The highest BCUT2D eigenvalue weighted by molar-refractivity contribution is 7.25. The van der Waals surface area contributed by atoms with Gasteiger partial charge >= 0.3 is 0 Å². The van der Waals surface area contributed by atoms with Crippen molar-refractivity contribution < 1.29 is 4.42 Å². The predicted molar refractivity (Wildman–Crippen MR) is 92.4 cm³/mol. The van der Waals surface area contributed by atoms with Gasteiger partial charge in [-0.25, -0.2) is 0 Å². The van der Waals surface area contributed by atoms with Crippen LogP contribution in [0, 0.1) is 0 Å². The quantitative estimate of drug-likeness (QED) is 0.343. The molecule has 5 aromatic rings. The summed E-state index contributed by atoms with van der Waals surface area (Å²) in [6.45, 7) is 0. The van der Waals surface area contributed by atoms with Crippen molar-refractivity contribution >= 4 is 54.7 Å². The normalized spacial score (nSPS) is 11.8. The van der Waals surface area contributed by atoms with Gasteiger partial charge in [0.25, 0.3) is 0 Å². The van der Waals surface area contributed by atoms with E-state index in [1.54, 1.807) is 11.3 Å². The molecule has 0 saturated heterocycles. The zero-order valence-corrected chi connectivity index (χ0v) is 12.6. The molecule has 0 saturated carbocycles. The van der Waals surface area contributed by atoms with Crippen molar-refractivity contribution in [2.24, 2.45) is 0 Å². The Morgan fingerprint density at radius 3 is 2.62 bits per heavy atom. The third-order valence-electron chi connectivity index (χ3n) is 3.78. The summed E-state index contributed by atoms with van der Waals surface area (Å²) < 4.78 is 7.28. The summed E-state index contributed by atoms with van der Waals surface area (Å²) in [5.41, 5.74) is 1.93. The Balaban J connectivity index is 1.85. The lowest BCUT2D eigenvalue weighted by Crippen LogP contribution is -1.65. The molecule has 0 bridgehead atoms. The highest BCUT2D eigenvalue weighted by Gasteiger charge is 2.11. The monoisotopic (exact) mass is 306 g/mol. The molecule has 0 aliphatic rings. The van der Waals surface area contributed by atoms with Gasteiger partial charge in [0.05, 0.1) is 0 Å². The van der Waals surface area contributed by atoms with Crippen molar-refractivity contribution in [3.8, 4) is 9.75 Å². The number of benzene rings is 2. The van der Waals surface area contributed by atoms with E-state index in [9.17, 15) is 0 Å². The Bertz CT molecular complexity index is 1080. The van der Waals surface area contributed by atoms with Crippen LogP contribution in [-0.4, -0.2) is 0 Å². The lowest BCUT2D eigenvalue weighted by Gasteiger charge is -1.90. The third-order valence-corrected chi connectivity index (χ3v) is 5.94. The first-order valence-electron chi connectivity index (χ1n) is 6.77. The Kier molecular flexibility index (Phi) is 2.31. The van der Waals surface area contributed by atoms with Crippen LogP contribution in [0.5, 0.6) is 0 Å². The minimum absolute atomic E-state index is 0.962. The molecule has 0 radical (unpaired) electrons. The summed E-state index contributed by atoms with van der Waals surface area (Å²) in [6.07, 6.45) is 0. The van der Waals surface area contributed by atoms with E-state index in [1.165, 1.54) is 30.6 Å². The van der Waals surface area contributed by atoms with Crippen LogP contribution >= 0.6 is 22.7 Å². The fourth-order valence-electron chi connectivity index (χ4n) is 2.80. The fourth-order valence-corrected chi connectivity index (χ4v) is 4.71. The molecule has 0 amide bonds. The van der Waals surface area contributed by atoms with Crippen LogP contribution in [0.3, 0.4) is 0 Å². The van der Waals surface area contributed by atoms with Crippen molar-refractivity contribution in [1.82, 2.24) is 0 Å². The highest BCUT2D eigenvalue weighted by atomic mass is 32.1. The molecule has 0 atom stereocenters. The predicted octanol–water partition coefficient (Wildman–Crippen LogP) is 6.53. The van der Waals surface area contributed by atoms with Crippen molar-refractivity contribution in [2.75, 3.05) is 0 Å². The summed E-state index contributed by atoms with van der Waals surface area (Å²) >= 11 is 3.64. The maximum absolute atomic E-state index is 5.97. The number of fused-ring (bicyclic) bond motifs is 4. The molecule has 0 N–H and O–H groups in total. The van der Waals surface area contributed by atoms with Crippen molar-refractivity contribution in [2.45, 2.75) is 0 Å². The molecular weight excluding hydrogens is 296 g/mol. The molecule has 100 valence electrons. The molecule has 0 aliphatic carbocycles. The van der Waals surface area contributed by atoms with Gasteiger partial charge in [-0.05, 0) is 41.1 Å². The van der Waals surface area contributed by atoms with Crippen LogP contribution in [0.2, 0.25) is 0 Å². The van der Waals surface area contributed by atoms with Gasteiger partial charge in [-0.15, -0.1) is 22.7 Å². The molecular formula is C18H10OS2. The lowest BCUT2D eigenvalue weighted by atomic mass is 10.1. The van der Waals surface area contributed by atoms with Gasteiger partial charge in [-0.2, -0.15) is 0 Å². The van der Waals surface area contributed by atoms with E-state index in [1.807, 2.05) is 23.5 Å². The summed E-state index contributed by atoms with van der Waals surface area (Å²) in [6, 6.07) is 19.2. The molecule has 3 aromatic heterocycles. The fraction of sp³-hybridized carbons (Fsp3) is 0. The summed E-state index contributed by atoms with van der Waals surface area (Å²) in [5, 5.41) is 5.78. The maximum Gasteiger partial charge on any atom is 0.136 e. The van der Waals surface area contributed by atoms with Crippen LogP contribution in [0.25, 0.3) is 41.8 Å².